The van der Waals surface area contributed by atoms with Crippen LogP contribution in [0.1, 0.15) is 52.0 Å². The van der Waals surface area contributed by atoms with Crippen molar-refractivity contribution < 1.29 is 4.74 Å². The van der Waals surface area contributed by atoms with Crippen LogP contribution in [0.15, 0.2) is 42.6 Å². The summed E-state index contributed by atoms with van der Waals surface area (Å²) in [6, 6.07) is 12.6. The first kappa shape index (κ1) is 17.5. The Kier molecular flexibility index (Phi) is 7.12. The number of pyridine rings is 1. The lowest BCUT2D eigenvalue weighted by Crippen LogP contribution is -2.04. The molecule has 2 heteroatoms. The van der Waals surface area contributed by atoms with E-state index < -0.39 is 0 Å². The van der Waals surface area contributed by atoms with Gasteiger partial charge in [0.25, 0.3) is 0 Å². The third-order valence-electron chi connectivity index (χ3n) is 4.37. The fraction of sp³-hybridized carbons (Fsp3) is 0.476. The Labute approximate surface area is 140 Å². The lowest BCUT2D eigenvalue weighted by atomic mass is 10.0. The van der Waals surface area contributed by atoms with Crippen molar-refractivity contribution in [3.8, 4) is 17.0 Å². The lowest BCUT2D eigenvalue weighted by Gasteiger charge is -2.13. The van der Waals surface area contributed by atoms with Gasteiger partial charge in [0, 0.05) is 11.8 Å². The van der Waals surface area contributed by atoms with E-state index in [1.54, 1.807) is 0 Å². The van der Waals surface area contributed by atoms with Crippen molar-refractivity contribution in [2.24, 2.45) is 5.92 Å². The van der Waals surface area contributed by atoms with Gasteiger partial charge < -0.3 is 4.74 Å². The van der Waals surface area contributed by atoms with Gasteiger partial charge >= 0.3 is 0 Å². The van der Waals surface area contributed by atoms with Crippen LogP contribution in [-0.4, -0.2) is 11.6 Å². The molecular weight excluding hydrogens is 282 g/mol. The number of aryl methyl sites for hydroxylation is 1. The largest absolute Gasteiger partial charge is 0.493 e. The van der Waals surface area contributed by atoms with Gasteiger partial charge in [0.2, 0.25) is 0 Å². The van der Waals surface area contributed by atoms with Crippen LogP contribution < -0.4 is 4.74 Å². The Morgan fingerprint density at radius 1 is 1.13 bits per heavy atom. The summed E-state index contributed by atoms with van der Waals surface area (Å²) in [4.78, 5) is 4.56. The van der Waals surface area contributed by atoms with Crippen molar-refractivity contribution in [3.63, 3.8) is 0 Å². The summed E-state index contributed by atoms with van der Waals surface area (Å²) in [6.45, 7) is 7.49. The number of hydrogen-bond acceptors (Lipinski definition) is 2. The van der Waals surface area contributed by atoms with E-state index in [1.807, 2.05) is 18.3 Å². The highest BCUT2D eigenvalue weighted by Gasteiger charge is 2.08. The van der Waals surface area contributed by atoms with Gasteiger partial charge in [-0.25, -0.2) is 0 Å². The molecule has 1 aromatic carbocycles. The molecule has 0 aliphatic carbocycles. The number of ether oxygens (including phenoxy) is 1. The van der Waals surface area contributed by atoms with Crippen molar-refractivity contribution in [3.05, 3.63) is 48.2 Å². The highest BCUT2D eigenvalue weighted by molar-refractivity contribution is 5.67. The number of aromatic nitrogens is 1. The van der Waals surface area contributed by atoms with E-state index in [4.69, 9.17) is 4.74 Å². The van der Waals surface area contributed by atoms with Gasteiger partial charge in [0.15, 0.2) is 0 Å². The van der Waals surface area contributed by atoms with Gasteiger partial charge in [-0.15, -0.1) is 0 Å². The summed E-state index contributed by atoms with van der Waals surface area (Å²) in [5.74, 6) is 1.65. The van der Waals surface area contributed by atoms with Crippen LogP contribution in [0.2, 0.25) is 0 Å². The number of hydrogen-bond donors (Lipinski definition) is 0. The molecule has 0 N–H and O–H groups in total. The normalized spacial score (nSPS) is 12.1. The fourth-order valence-corrected chi connectivity index (χ4v) is 2.54. The maximum absolute atomic E-state index is 6.05. The van der Waals surface area contributed by atoms with Crippen molar-refractivity contribution in [2.75, 3.05) is 6.61 Å². The molecule has 1 heterocycles. The average Bonchev–Trinajstić information content (AvgIpc) is 2.60. The highest BCUT2D eigenvalue weighted by atomic mass is 16.5. The maximum Gasteiger partial charge on any atom is 0.128 e. The van der Waals surface area contributed by atoms with Gasteiger partial charge in [-0.2, -0.15) is 0 Å². The number of rotatable bonds is 9. The molecule has 124 valence electrons. The van der Waals surface area contributed by atoms with Crippen LogP contribution >= 0.6 is 0 Å². The van der Waals surface area contributed by atoms with Crippen LogP contribution in [-0.2, 0) is 6.42 Å². The second-order valence-electron chi connectivity index (χ2n) is 6.30. The summed E-state index contributed by atoms with van der Waals surface area (Å²) >= 11 is 0. The third-order valence-corrected chi connectivity index (χ3v) is 4.37. The van der Waals surface area contributed by atoms with Crippen LogP contribution in [0.25, 0.3) is 11.3 Å². The summed E-state index contributed by atoms with van der Waals surface area (Å²) in [5, 5.41) is 0. The zero-order valence-corrected chi connectivity index (χ0v) is 14.7. The van der Waals surface area contributed by atoms with E-state index in [-0.39, 0.29) is 0 Å². The summed E-state index contributed by atoms with van der Waals surface area (Å²) in [5.41, 5.74) is 3.46. The van der Waals surface area contributed by atoms with Crippen LogP contribution in [0.5, 0.6) is 5.75 Å². The number of nitrogens with zero attached hydrogens (tertiary/aromatic N) is 1. The predicted molar refractivity (Wildman–Crippen MR) is 97.9 cm³/mol. The second kappa shape index (κ2) is 9.34. The lowest BCUT2D eigenvalue weighted by molar-refractivity contribution is 0.282. The smallest absolute Gasteiger partial charge is 0.128 e. The van der Waals surface area contributed by atoms with E-state index in [1.165, 1.54) is 24.8 Å². The Morgan fingerprint density at radius 3 is 2.74 bits per heavy atom. The Balaban J connectivity index is 2.13. The summed E-state index contributed by atoms with van der Waals surface area (Å²) in [6.07, 6.45) is 7.75. The first-order valence-electron chi connectivity index (χ1n) is 8.91. The molecule has 0 saturated carbocycles. The molecule has 0 saturated heterocycles. The molecule has 0 aliphatic rings. The molecule has 0 spiro atoms. The van der Waals surface area contributed by atoms with Gasteiger partial charge in [0.05, 0.1) is 12.3 Å². The van der Waals surface area contributed by atoms with E-state index in [0.717, 1.165) is 36.5 Å². The van der Waals surface area contributed by atoms with Gasteiger partial charge in [-0.05, 0) is 55.0 Å². The van der Waals surface area contributed by atoms with Crippen molar-refractivity contribution in [1.82, 2.24) is 4.98 Å². The first-order valence-corrected chi connectivity index (χ1v) is 8.91. The highest BCUT2D eigenvalue weighted by Crippen LogP contribution is 2.29. The van der Waals surface area contributed by atoms with E-state index in [9.17, 15) is 0 Å². The molecule has 1 aromatic heterocycles. The molecule has 0 aliphatic heterocycles. The fourth-order valence-electron chi connectivity index (χ4n) is 2.54. The molecule has 0 fully saturated rings. The van der Waals surface area contributed by atoms with Gasteiger partial charge in [-0.1, -0.05) is 45.7 Å². The maximum atomic E-state index is 6.05. The van der Waals surface area contributed by atoms with Crippen molar-refractivity contribution >= 4 is 0 Å². The van der Waals surface area contributed by atoms with E-state index >= 15 is 0 Å². The molecule has 1 atom stereocenters. The molecule has 0 radical (unpaired) electrons. The molecular formula is C21H29NO. The first-order chi connectivity index (χ1) is 11.2. The minimum absolute atomic E-state index is 0.706. The molecule has 2 rings (SSSR count). The van der Waals surface area contributed by atoms with Crippen molar-refractivity contribution in [2.45, 2.75) is 52.9 Å². The summed E-state index contributed by atoms with van der Waals surface area (Å²) in [7, 11) is 0. The minimum atomic E-state index is 0.706. The predicted octanol–water partition coefficient (Wildman–Crippen LogP) is 5.91. The zero-order chi connectivity index (χ0) is 16.5. The monoisotopic (exact) mass is 311 g/mol. The Bertz CT molecular complexity index is 594. The van der Waals surface area contributed by atoms with E-state index in [0.29, 0.717) is 5.92 Å². The number of para-hydroxylation sites is 1. The standard InChI is InChI=1S/C21H29NO/c1-4-6-9-18-12-14-22-20(16-18)19-10-7-8-11-21(19)23-15-13-17(3)5-2/h7-8,10-12,14,16-17H,4-6,9,13,15H2,1-3H3. The quantitative estimate of drug-likeness (QED) is 0.574. The molecule has 0 bridgehead atoms. The second-order valence-corrected chi connectivity index (χ2v) is 6.30. The van der Waals surface area contributed by atoms with Gasteiger partial charge in [0.1, 0.15) is 5.75 Å². The van der Waals surface area contributed by atoms with Crippen molar-refractivity contribution in [1.29, 1.82) is 0 Å². The molecule has 23 heavy (non-hydrogen) atoms. The number of unbranched alkanes of at least 4 members (excludes halogenated alkanes) is 1. The minimum Gasteiger partial charge on any atom is -0.493 e. The SMILES string of the molecule is CCCCc1ccnc(-c2ccccc2OCCC(C)CC)c1. The Morgan fingerprint density at radius 2 is 1.96 bits per heavy atom. The summed E-state index contributed by atoms with van der Waals surface area (Å²) < 4.78 is 6.05. The van der Waals surface area contributed by atoms with Crippen LogP contribution in [0.4, 0.5) is 0 Å². The Hall–Kier alpha value is -1.83. The van der Waals surface area contributed by atoms with Gasteiger partial charge in [-0.3, -0.25) is 4.98 Å². The zero-order valence-electron chi connectivity index (χ0n) is 14.7. The van der Waals surface area contributed by atoms with Crippen LogP contribution in [0, 0.1) is 5.92 Å². The molecule has 2 aromatic rings. The molecule has 1 unspecified atom stereocenters. The molecule has 0 amide bonds. The topological polar surface area (TPSA) is 22.1 Å². The average molecular weight is 311 g/mol. The number of benzene rings is 1. The third kappa shape index (κ3) is 5.38. The van der Waals surface area contributed by atoms with Crippen LogP contribution in [0.3, 0.4) is 0 Å². The van der Waals surface area contributed by atoms with E-state index in [2.05, 4.69) is 50.0 Å². The molecule has 2 nitrogen and oxygen atoms in total.